The van der Waals surface area contributed by atoms with Gasteiger partial charge < -0.3 is 15.1 Å². The summed E-state index contributed by atoms with van der Waals surface area (Å²) in [6, 6.07) is 13.2. The number of hydrogen-bond donors (Lipinski definition) is 1. The normalized spacial score (nSPS) is 17.0. The van der Waals surface area contributed by atoms with Gasteiger partial charge in [0.2, 0.25) is 11.8 Å². The van der Waals surface area contributed by atoms with Crippen LogP contribution in [0.25, 0.3) is 0 Å². The van der Waals surface area contributed by atoms with Gasteiger partial charge in [-0.1, -0.05) is 24.3 Å². The molecule has 1 N–H and O–H groups in total. The summed E-state index contributed by atoms with van der Waals surface area (Å²) < 4.78 is 0. The molecular formula is C25H30N4O3. The van der Waals surface area contributed by atoms with Crippen LogP contribution in [0.5, 0.6) is 0 Å². The molecule has 2 fully saturated rings. The predicted molar refractivity (Wildman–Crippen MR) is 125 cm³/mol. The molecule has 0 aliphatic carbocycles. The van der Waals surface area contributed by atoms with Crippen molar-refractivity contribution in [3.63, 3.8) is 0 Å². The minimum Gasteiger partial charge on any atom is -0.336 e. The maximum Gasteiger partial charge on any atom is 0.256 e. The van der Waals surface area contributed by atoms with Crippen LogP contribution in [-0.2, 0) is 9.59 Å². The SMILES string of the molecule is Cc1cccc(NC(=O)CN2CCN(C(=O)c3ccccc3N3CCCC3=O)CC2)c1C. The Morgan fingerprint density at radius 2 is 1.69 bits per heavy atom. The van der Waals surface area contributed by atoms with Crippen LogP contribution in [0.2, 0.25) is 0 Å². The first kappa shape index (κ1) is 22.0. The topological polar surface area (TPSA) is 73.0 Å². The van der Waals surface area contributed by atoms with E-state index in [2.05, 4.69) is 10.2 Å². The standard InChI is InChI=1S/C25H30N4O3/c1-18-7-5-9-21(19(18)2)26-23(30)17-27-13-15-28(16-14-27)25(32)20-8-3-4-10-22(20)29-12-6-11-24(29)31/h3-5,7-10H,6,11-17H2,1-2H3,(H,26,30). The van der Waals surface area contributed by atoms with E-state index >= 15 is 0 Å². The van der Waals surface area contributed by atoms with Crippen LogP contribution in [-0.4, -0.2) is 66.8 Å². The number of nitrogens with one attached hydrogen (secondary N) is 1. The third kappa shape index (κ3) is 4.67. The maximum absolute atomic E-state index is 13.2. The third-order valence-corrected chi connectivity index (χ3v) is 6.40. The number of aryl methyl sites for hydroxylation is 1. The van der Waals surface area contributed by atoms with E-state index < -0.39 is 0 Å². The van der Waals surface area contributed by atoms with Gasteiger partial charge in [0.1, 0.15) is 0 Å². The molecule has 7 nitrogen and oxygen atoms in total. The zero-order valence-corrected chi connectivity index (χ0v) is 18.8. The van der Waals surface area contributed by atoms with Crippen molar-refractivity contribution in [1.29, 1.82) is 0 Å². The van der Waals surface area contributed by atoms with Crippen molar-refractivity contribution >= 4 is 29.1 Å². The summed E-state index contributed by atoms with van der Waals surface area (Å²) in [5.74, 6) is -0.0268. The van der Waals surface area contributed by atoms with E-state index in [1.807, 2.05) is 55.1 Å². The number of nitrogens with zero attached hydrogens (tertiary/aromatic N) is 3. The van der Waals surface area contributed by atoms with Crippen LogP contribution in [0, 0.1) is 13.8 Å². The Labute approximate surface area is 189 Å². The molecule has 2 aliphatic rings. The highest BCUT2D eigenvalue weighted by molar-refractivity contribution is 6.05. The number of rotatable bonds is 5. The Balaban J connectivity index is 1.34. The Morgan fingerprint density at radius 3 is 2.41 bits per heavy atom. The summed E-state index contributed by atoms with van der Waals surface area (Å²) >= 11 is 0. The fraction of sp³-hybridized carbons (Fsp3) is 0.400. The zero-order chi connectivity index (χ0) is 22.7. The molecule has 32 heavy (non-hydrogen) atoms. The number of piperazine rings is 1. The van der Waals surface area contributed by atoms with Crippen molar-refractivity contribution in [2.45, 2.75) is 26.7 Å². The lowest BCUT2D eigenvalue weighted by Gasteiger charge is -2.35. The van der Waals surface area contributed by atoms with Crippen molar-refractivity contribution in [3.8, 4) is 0 Å². The maximum atomic E-state index is 13.2. The molecule has 2 aromatic carbocycles. The Bertz CT molecular complexity index is 1030. The number of carbonyl (C=O) groups is 3. The van der Waals surface area contributed by atoms with Crippen LogP contribution in [0.3, 0.4) is 0 Å². The van der Waals surface area contributed by atoms with Gasteiger partial charge >= 0.3 is 0 Å². The third-order valence-electron chi connectivity index (χ3n) is 6.40. The van der Waals surface area contributed by atoms with Gasteiger partial charge in [0.05, 0.1) is 17.8 Å². The van der Waals surface area contributed by atoms with Gasteiger partial charge in [-0.25, -0.2) is 0 Å². The first-order valence-corrected chi connectivity index (χ1v) is 11.2. The minimum absolute atomic E-state index is 0.0450. The van der Waals surface area contributed by atoms with Gasteiger partial charge in [0, 0.05) is 44.8 Å². The molecule has 2 aliphatic heterocycles. The summed E-state index contributed by atoms with van der Waals surface area (Å²) in [4.78, 5) is 43.6. The zero-order valence-electron chi connectivity index (χ0n) is 18.8. The van der Waals surface area contributed by atoms with Crippen LogP contribution < -0.4 is 10.2 Å². The molecule has 0 bridgehead atoms. The monoisotopic (exact) mass is 434 g/mol. The second-order valence-electron chi connectivity index (χ2n) is 8.53. The molecule has 2 heterocycles. The smallest absolute Gasteiger partial charge is 0.256 e. The van der Waals surface area contributed by atoms with Gasteiger partial charge in [-0.2, -0.15) is 0 Å². The molecule has 4 rings (SSSR count). The van der Waals surface area contributed by atoms with Gasteiger partial charge in [-0.3, -0.25) is 19.3 Å². The fourth-order valence-corrected chi connectivity index (χ4v) is 4.35. The molecule has 7 heteroatoms. The number of carbonyl (C=O) groups excluding carboxylic acids is 3. The Hall–Kier alpha value is -3.19. The van der Waals surface area contributed by atoms with Crippen molar-refractivity contribution in [2.75, 3.05) is 49.5 Å². The molecule has 2 aromatic rings. The van der Waals surface area contributed by atoms with E-state index in [4.69, 9.17) is 0 Å². The van der Waals surface area contributed by atoms with E-state index in [-0.39, 0.29) is 17.7 Å². The van der Waals surface area contributed by atoms with E-state index in [1.165, 1.54) is 0 Å². The molecule has 3 amide bonds. The second-order valence-corrected chi connectivity index (χ2v) is 8.53. The van der Waals surface area contributed by atoms with E-state index in [0.29, 0.717) is 56.9 Å². The molecule has 0 spiro atoms. The van der Waals surface area contributed by atoms with Crippen LogP contribution in [0.15, 0.2) is 42.5 Å². The van der Waals surface area contributed by atoms with Gasteiger partial charge in [-0.15, -0.1) is 0 Å². The first-order chi connectivity index (χ1) is 15.4. The Morgan fingerprint density at radius 1 is 0.938 bits per heavy atom. The molecular weight excluding hydrogens is 404 g/mol. The van der Waals surface area contributed by atoms with Crippen LogP contribution in [0.4, 0.5) is 11.4 Å². The fourth-order valence-electron chi connectivity index (χ4n) is 4.35. The minimum atomic E-state index is -0.0558. The number of hydrogen-bond acceptors (Lipinski definition) is 4. The number of anilines is 2. The number of amides is 3. The van der Waals surface area contributed by atoms with E-state index in [1.54, 1.807) is 11.0 Å². The number of benzene rings is 2. The average Bonchev–Trinajstić information content (AvgIpc) is 3.22. The summed E-state index contributed by atoms with van der Waals surface area (Å²) in [5.41, 5.74) is 4.34. The molecule has 0 unspecified atom stereocenters. The quantitative estimate of drug-likeness (QED) is 0.786. The van der Waals surface area contributed by atoms with E-state index in [9.17, 15) is 14.4 Å². The van der Waals surface area contributed by atoms with Crippen molar-refractivity contribution in [1.82, 2.24) is 9.80 Å². The van der Waals surface area contributed by atoms with Gasteiger partial charge in [0.15, 0.2) is 0 Å². The second kappa shape index (κ2) is 9.53. The lowest BCUT2D eigenvalue weighted by molar-refractivity contribution is -0.118. The van der Waals surface area contributed by atoms with Crippen LogP contribution >= 0.6 is 0 Å². The molecule has 2 saturated heterocycles. The molecule has 168 valence electrons. The van der Waals surface area contributed by atoms with Gasteiger partial charge in [-0.05, 0) is 49.6 Å². The lowest BCUT2D eigenvalue weighted by atomic mass is 10.1. The summed E-state index contributed by atoms with van der Waals surface area (Å²) in [5, 5.41) is 3.00. The Kier molecular flexibility index (Phi) is 6.55. The predicted octanol–water partition coefficient (Wildman–Crippen LogP) is 2.83. The van der Waals surface area contributed by atoms with Crippen molar-refractivity contribution in [3.05, 3.63) is 59.2 Å². The van der Waals surface area contributed by atoms with E-state index in [0.717, 1.165) is 23.2 Å². The molecule has 0 radical (unpaired) electrons. The average molecular weight is 435 g/mol. The van der Waals surface area contributed by atoms with Crippen molar-refractivity contribution < 1.29 is 14.4 Å². The summed E-state index contributed by atoms with van der Waals surface area (Å²) in [6.45, 7) is 7.37. The lowest BCUT2D eigenvalue weighted by Crippen LogP contribution is -2.50. The van der Waals surface area contributed by atoms with Crippen LogP contribution in [0.1, 0.15) is 34.3 Å². The highest BCUT2D eigenvalue weighted by Gasteiger charge is 2.29. The number of para-hydroxylation sites is 1. The van der Waals surface area contributed by atoms with Crippen molar-refractivity contribution in [2.24, 2.45) is 0 Å². The van der Waals surface area contributed by atoms with Gasteiger partial charge in [0.25, 0.3) is 5.91 Å². The largest absolute Gasteiger partial charge is 0.336 e. The molecule has 0 aromatic heterocycles. The summed E-state index contributed by atoms with van der Waals surface area (Å²) in [6.07, 6.45) is 1.36. The first-order valence-electron chi connectivity index (χ1n) is 11.2. The highest BCUT2D eigenvalue weighted by Crippen LogP contribution is 2.27. The molecule has 0 saturated carbocycles. The molecule has 0 atom stereocenters. The summed E-state index contributed by atoms with van der Waals surface area (Å²) in [7, 11) is 0. The highest BCUT2D eigenvalue weighted by atomic mass is 16.2.